The number of halogens is 2. The van der Waals surface area contributed by atoms with E-state index in [2.05, 4.69) is 25.3 Å². The second-order valence-corrected chi connectivity index (χ2v) is 9.97. The van der Waals surface area contributed by atoms with Gasteiger partial charge in [-0.25, -0.2) is 0 Å². The fraction of sp³-hybridized carbons (Fsp3) is 0.478. The summed E-state index contributed by atoms with van der Waals surface area (Å²) < 4.78 is 0. The first-order chi connectivity index (χ1) is 14.3. The van der Waals surface area contributed by atoms with Crippen LogP contribution in [0.25, 0.3) is 0 Å². The van der Waals surface area contributed by atoms with Crippen LogP contribution in [-0.4, -0.2) is 41.2 Å². The molecule has 1 aliphatic rings. The van der Waals surface area contributed by atoms with Crippen molar-refractivity contribution in [2.24, 2.45) is 5.92 Å². The molecule has 2 amide bonds. The summed E-state index contributed by atoms with van der Waals surface area (Å²) >= 11 is 14.4. The average Bonchev–Trinajstić information content (AvgIpc) is 3.15. The summed E-state index contributed by atoms with van der Waals surface area (Å²) in [4.78, 5) is 30.9. The van der Waals surface area contributed by atoms with Crippen LogP contribution in [0, 0.1) is 5.92 Å². The van der Waals surface area contributed by atoms with Crippen molar-refractivity contribution in [2.45, 2.75) is 46.1 Å². The molecule has 4 nitrogen and oxygen atoms in total. The molecule has 2 aromatic rings. The molecule has 2 heterocycles. The van der Waals surface area contributed by atoms with Crippen LogP contribution in [0.3, 0.4) is 0 Å². The van der Waals surface area contributed by atoms with Crippen molar-refractivity contribution in [3.63, 3.8) is 0 Å². The van der Waals surface area contributed by atoms with E-state index in [4.69, 9.17) is 23.2 Å². The predicted molar refractivity (Wildman–Crippen MR) is 124 cm³/mol. The first-order valence-electron chi connectivity index (χ1n) is 10.4. The largest absolute Gasteiger partial charge is 0.333 e. The standard InChI is InChI=1S/C23H28Cl2N2O2S/c1-4-5-21(28)26(13-15(2)3)14-22(29)27-10-8-20-18(9-11-30-20)23(27)17-7-6-16(24)12-19(17)25/h6-7,9,11-12,15,23H,4-5,8,10,13-14H2,1-3H3. The van der Waals surface area contributed by atoms with Crippen LogP contribution < -0.4 is 0 Å². The molecule has 1 atom stereocenters. The fourth-order valence-electron chi connectivity index (χ4n) is 3.97. The second kappa shape index (κ2) is 10.2. The third kappa shape index (κ3) is 5.19. The molecule has 0 bridgehead atoms. The number of carbonyl (C=O) groups excluding carboxylic acids is 2. The number of fused-ring (bicyclic) bond motifs is 1. The van der Waals surface area contributed by atoms with Crippen LogP contribution in [0.15, 0.2) is 29.6 Å². The predicted octanol–water partition coefficient (Wildman–Crippen LogP) is 5.81. The monoisotopic (exact) mass is 466 g/mol. The quantitative estimate of drug-likeness (QED) is 0.515. The van der Waals surface area contributed by atoms with Crippen LogP contribution >= 0.6 is 34.5 Å². The third-order valence-electron chi connectivity index (χ3n) is 5.27. The van der Waals surface area contributed by atoms with E-state index in [1.165, 1.54) is 4.88 Å². The number of hydrogen-bond acceptors (Lipinski definition) is 3. The summed E-state index contributed by atoms with van der Waals surface area (Å²) in [5, 5.41) is 3.17. The van der Waals surface area contributed by atoms with Crippen molar-refractivity contribution >= 4 is 46.4 Å². The van der Waals surface area contributed by atoms with Gasteiger partial charge in [-0.2, -0.15) is 0 Å². The highest BCUT2D eigenvalue weighted by Crippen LogP contribution is 2.41. The molecule has 0 saturated carbocycles. The topological polar surface area (TPSA) is 40.6 Å². The number of rotatable bonds is 7. The van der Waals surface area contributed by atoms with Gasteiger partial charge in [-0.3, -0.25) is 9.59 Å². The SMILES string of the molecule is CCCC(=O)N(CC(=O)N1CCc2sccc2C1c1ccc(Cl)cc1Cl)CC(C)C. The molecule has 3 rings (SSSR count). The Kier molecular flexibility index (Phi) is 7.83. The molecule has 1 unspecified atom stereocenters. The van der Waals surface area contributed by atoms with Crippen molar-refractivity contribution in [2.75, 3.05) is 19.6 Å². The zero-order valence-corrected chi connectivity index (χ0v) is 20.0. The minimum absolute atomic E-state index is 0.0360. The Labute approximate surface area is 192 Å². The molecular formula is C23H28Cl2N2O2S. The van der Waals surface area contributed by atoms with Gasteiger partial charge >= 0.3 is 0 Å². The maximum Gasteiger partial charge on any atom is 0.242 e. The van der Waals surface area contributed by atoms with E-state index in [1.54, 1.807) is 22.3 Å². The summed E-state index contributed by atoms with van der Waals surface area (Å²) in [6.07, 6.45) is 2.04. The van der Waals surface area contributed by atoms with Crippen LogP contribution in [0.5, 0.6) is 0 Å². The molecule has 0 N–H and O–H groups in total. The molecule has 1 aromatic heterocycles. The van der Waals surface area contributed by atoms with Crippen molar-refractivity contribution in [3.8, 4) is 0 Å². The number of carbonyl (C=O) groups is 2. The Balaban J connectivity index is 1.92. The van der Waals surface area contributed by atoms with E-state index in [0.717, 1.165) is 24.0 Å². The van der Waals surface area contributed by atoms with Crippen molar-refractivity contribution in [1.82, 2.24) is 9.80 Å². The molecule has 0 radical (unpaired) electrons. The minimum Gasteiger partial charge on any atom is -0.333 e. The van der Waals surface area contributed by atoms with Crippen molar-refractivity contribution in [1.29, 1.82) is 0 Å². The van der Waals surface area contributed by atoms with Gasteiger partial charge in [0.1, 0.15) is 0 Å². The molecule has 162 valence electrons. The number of amides is 2. The smallest absolute Gasteiger partial charge is 0.242 e. The fourth-order valence-corrected chi connectivity index (χ4v) is 5.38. The number of benzene rings is 1. The van der Waals surface area contributed by atoms with Gasteiger partial charge in [0.05, 0.1) is 12.6 Å². The Morgan fingerprint density at radius 1 is 1.23 bits per heavy atom. The molecule has 30 heavy (non-hydrogen) atoms. The molecule has 0 fully saturated rings. The maximum absolute atomic E-state index is 13.5. The zero-order chi connectivity index (χ0) is 21.8. The molecular weight excluding hydrogens is 439 g/mol. The van der Waals surface area contributed by atoms with Gasteiger partial charge in [-0.1, -0.05) is 50.0 Å². The van der Waals surface area contributed by atoms with Crippen LogP contribution in [0.2, 0.25) is 10.0 Å². The Hall–Kier alpha value is -1.56. The van der Waals surface area contributed by atoms with Gasteiger partial charge in [-0.05, 0) is 53.5 Å². The Bertz CT molecular complexity index is 912. The highest BCUT2D eigenvalue weighted by atomic mass is 35.5. The lowest BCUT2D eigenvalue weighted by molar-refractivity contribution is -0.142. The summed E-state index contributed by atoms with van der Waals surface area (Å²) in [6, 6.07) is 7.23. The lowest BCUT2D eigenvalue weighted by Crippen LogP contribution is -2.47. The van der Waals surface area contributed by atoms with E-state index in [-0.39, 0.29) is 24.4 Å². The lowest BCUT2D eigenvalue weighted by atomic mass is 9.93. The lowest BCUT2D eigenvalue weighted by Gasteiger charge is -2.38. The van der Waals surface area contributed by atoms with E-state index in [1.807, 2.05) is 24.0 Å². The number of hydrogen-bond donors (Lipinski definition) is 0. The summed E-state index contributed by atoms with van der Waals surface area (Å²) in [5.74, 6) is 0.284. The van der Waals surface area contributed by atoms with Gasteiger partial charge in [0.25, 0.3) is 0 Å². The van der Waals surface area contributed by atoms with Gasteiger partial charge < -0.3 is 9.80 Å². The minimum atomic E-state index is -0.264. The number of nitrogens with zero attached hydrogens (tertiary/aromatic N) is 2. The van der Waals surface area contributed by atoms with E-state index in [0.29, 0.717) is 35.5 Å². The van der Waals surface area contributed by atoms with Crippen molar-refractivity contribution < 1.29 is 9.59 Å². The first-order valence-corrected chi connectivity index (χ1v) is 12.0. The molecule has 0 aliphatic carbocycles. The Morgan fingerprint density at radius 2 is 2.00 bits per heavy atom. The summed E-state index contributed by atoms with van der Waals surface area (Å²) in [6.45, 7) is 7.38. The van der Waals surface area contributed by atoms with E-state index >= 15 is 0 Å². The molecule has 1 aromatic carbocycles. The van der Waals surface area contributed by atoms with Gasteiger partial charge in [0.2, 0.25) is 11.8 Å². The Morgan fingerprint density at radius 3 is 2.67 bits per heavy atom. The average molecular weight is 467 g/mol. The zero-order valence-electron chi connectivity index (χ0n) is 17.7. The molecule has 7 heteroatoms. The van der Waals surface area contributed by atoms with Gasteiger partial charge in [0.15, 0.2) is 0 Å². The van der Waals surface area contributed by atoms with Gasteiger partial charge in [-0.15, -0.1) is 11.3 Å². The highest BCUT2D eigenvalue weighted by molar-refractivity contribution is 7.10. The highest BCUT2D eigenvalue weighted by Gasteiger charge is 2.35. The molecule has 0 saturated heterocycles. The molecule has 0 spiro atoms. The van der Waals surface area contributed by atoms with Crippen LogP contribution in [-0.2, 0) is 16.0 Å². The van der Waals surface area contributed by atoms with Crippen LogP contribution in [0.4, 0.5) is 0 Å². The maximum atomic E-state index is 13.5. The van der Waals surface area contributed by atoms with E-state index in [9.17, 15) is 9.59 Å². The summed E-state index contributed by atoms with van der Waals surface area (Å²) in [5.41, 5.74) is 1.98. The number of thiophene rings is 1. The van der Waals surface area contributed by atoms with E-state index < -0.39 is 0 Å². The molecule has 1 aliphatic heterocycles. The third-order valence-corrected chi connectivity index (χ3v) is 6.83. The van der Waals surface area contributed by atoms with Gasteiger partial charge in [0, 0.05) is 34.4 Å². The first kappa shape index (κ1) is 23.1. The summed E-state index contributed by atoms with van der Waals surface area (Å²) in [7, 11) is 0. The normalized spacial score (nSPS) is 15.9. The van der Waals surface area contributed by atoms with Crippen molar-refractivity contribution in [3.05, 3.63) is 55.7 Å². The van der Waals surface area contributed by atoms with Crippen LogP contribution in [0.1, 0.15) is 55.7 Å². The second-order valence-electron chi connectivity index (χ2n) is 8.12.